The molecule has 0 aliphatic carbocycles. The Hall–Kier alpha value is -0.650. The van der Waals surface area contributed by atoms with Gasteiger partial charge < -0.3 is 19.7 Å². The van der Waals surface area contributed by atoms with Crippen LogP contribution in [0.25, 0.3) is 0 Å². The van der Waals surface area contributed by atoms with Gasteiger partial charge in [-0.15, -0.1) is 0 Å². The van der Waals surface area contributed by atoms with E-state index in [0.717, 1.165) is 0 Å². The zero-order valence-corrected chi connectivity index (χ0v) is 10.8. The minimum Gasteiger partial charge on any atom is -0.359 e. The summed E-state index contributed by atoms with van der Waals surface area (Å²) in [4.78, 5) is 13.1. The van der Waals surface area contributed by atoms with E-state index < -0.39 is 0 Å². The van der Waals surface area contributed by atoms with Crippen LogP contribution in [0.5, 0.6) is 0 Å². The van der Waals surface area contributed by atoms with Crippen molar-refractivity contribution in [2.75, 3.05) is 40.4 Å². The monoisotopic (exact) mass is 232 g/mol. The van der Waals surface area contributed by atoms with Gasteiger partial charge in [0, 0.05) is 39.8 Å². The molecule has 0 saturated heterocycles. The zero-order valence-electron chi connectivity index (χ0n) is 10.8. The van der Waals surface area contributed by atoms with E-state index in [1.807, 2.05) is 25.8 Å². The second-order valence-corrected chi connectivity index (χ2v) is 3.53. The molecular formula is C11H24N2O3. The van der Waals surface area contributed by atoms with E-state index in [0.29, 0.717) is 32.7 Å². The first-order chi connectivity index (χ1) is 7.63. The maximum absolute atomic E-state index is 11.1. The van der Waals surface area contributed by atoms with E-state index >= 15 is 0 Å². The van der Waals surface area contributed by atoms with E-state index in [-0.39, 0.29) is 12.2 Å². The Kier molecular flexibility index (Phi) is 9.18. The molecule has 0 heterocycles. The van der Waals surface area contributed by atoms with Gasteiger partial charge in [0.1, 0.15) is 0 Å². The topological polar surface area (TPSA) is 50.8 Å². The van der Waals surface area contributed by atoms with Gasteiger partial charge in [0.2, 0.25) is 5.91 Å². The molecule has 0 spiro atoms. The van der Waals surface area contributed by atoms with Gasteiger partial charge >= 0.3 is 0 Å². The van der Waals surface area contributed by atoms with E-state index in [4.69, 9.17) is 9.47 Å². The first-order valence-electron chi connectivity index (χ1n) is 5.76. The van der Waals surface area contributed by atoms with E-state index in [2.05, 4.69) is 5.32 Å². The Balaban J connectivity index is 3.79. The van der Waals surface area contributed by atoms with Gasteiger partial charge in [-0.1, -0.05) is 0 Å². The summed E-state index contributed by atoms with van der Waals surface area (Å²) in [6, 6.07) is 0. The van der Waals surface area contributed by atoms with Gasteiger partial charge in [-0.3, -0.25) is 4.79 Å². The Morgan fingerprint density at radius 3 is 2.31 bits per heavy atom. The van der Waals surface area contributed by atoms with Crippen LogP contribution in [0.3, 0.4) is 0 Å². The van der Waals surface area contributed by atoms with E-state index in [9.17, 15) is 4.79 Å². The average molecular weight is 232 g/mol. The highest BCUT2D eigenvalue weighted by molar-refractivity contribution is 5.75. The van der Waals surface area contributed by atoms with Crippen molar-refractivity contribution in [2.45, 2.75) is 26.6 Å². The van der Waals surface area contributed by atoms with Crippen LogP contribution >= 0.6 is 0 Å². The lowest BCUT2D eigenvalue weighted by atomic mass is 10.3. The van der Waals surface area contributed by atoms with Crippen LogP contribution in [0.15, 0.2) is 0 Å². The number of nitrogens with zero attached hydrogens (tertiary/aromatic N) is 1. The molecule has 0 aromatic carbocycles. The highest BCUT2D eigenvalue weighted by Crippen LogP contribution is 1.99. The summed E-state index contributed by atoms with van der Waals surface area (Å²) in [5, 5.41) is 2.60. The number of rotatable bonds is 9. The van der Waals surface area contributed by atoms with Crippen molar-refractivity contribution in [3.63, 3.8) is 0 Å². The SMILES string of the molecule is CCOC(CN(C)CCC(=O)NC)OCC. The van der Waals surface area contributed by atoms with Gasteiger partial charge in [0.15, 0.2) is 6.29 Å². The molecule has 0 bridgehead atoms. The highest BCUT2D eigenvalue weighted by atomic mass is 16.7. The fourth-order valence-electron chi connectivity index (χ4n) is 1.29. The minimum atomic E-state index is -0.204. The lowest BCUT2D eigenvalue weighted by Crippen LogP contribution is -2.35. The molecule has 5 heteroatoms. The van der Waals surface area contributed by atoms with Crippen molar-refractivity contribution in [3.05, 3.63) is 0 Å². The fourth-order valence-corrected chi connectivity index (χ4v) is 1.29. The van der Waals surface area contributed by atoms with Crippen molar-refractivity contribution in [1.29, 1.82) is 0 Å². The molecule has 0 atom stereocenters. The summed E-state index contributed by atoms with van der Waals surface area (Å²) in [6.45, 7) is 6.53. The fraction of sp³-hybridized carbons (Fsp3) is 0.909. The van der Waals surface area contributed by atoms with Crippen LogP contribution in [0.1, 0.15) is 20.3 Å². The Morgan fingerprint density at radius 2 is 1.88 bits per heavy atom. The molecule has 0 fully saturated rings. The highest BCUT2D eigenvalue weighted by Gasteiger charge is 2.11. The van der Waals surface area contributed by atoms with Gasteiger partial charge in [0.05, 0.1) is 0 Å². The van der Waals surface area contributed by atoms with Gasteiger partial charge in [-0.25, -0.2) is 0 Å². The van der Waals surface area contributed by atoms with Crippen LogP contribution in [0, 0.1) is 0 Å². The maximum Gasteiger partial charge on any atom is 0.221 e. The first kappa shape index (κ1) is 15.3. The van der Waals surface area contributed by atoms with Gasteiger partial charge in [-0.2, -0.15) is 0 Å². The number of amides is 1. The number of carbonyl (C=O) groups excluding carboxylic acids is 1. The quantitative estimate of drug-likeness (QED) is 0.587. The lowest BCUT2D eigenvalue weighted by Gasteiger charge is -2.23. The van der Waals surface area contributed by atoms with E-state index in [1.165, 1.54) is 0 Å². The number of hydrogen-bond donors (Lipinski definition) is 1. The largest absolute Gasteiger partial charge is 0.359 e. The maximum atomic E-state index is 11.1. The predicted octanol–water partition coefficient (Wildman–Crippen LogP) is 0.453. The molecule has 0 aromatic heterocycles. The Bertz CT molecular complexity index is 182. The molecule has 5 nitrogen and oxygen atoms in total. The molecule has 0 saturated carbocycles. The van der Waals surface area contributed by atoms with Crippen LogP contribution in [0.2, 0.25) is 0 Å². The third-order valence-corrected chi connectivity index (χ3v) is 2.17. The molecular weight excluding hydrogens is 208 g/mol. The summed E-state index contributed by atoms with van der Waals surface area (Å²) < 4.78 is 10.8. The van der Waals surface area contributed by atoms with Crippen molar-refractivity contribution >= 4 is 5.91 Å². The van der Waals surface area contributed by atoms with Gasteiger partial charge in [-0.05, 0) is 20.9 Å². The normalized spacial score (nSPS) is 11.1. The molecule has 0 aliphatic heterocycles. The molecule has 0 unspecified atom stereocenters. The standard InChI is InChI=1S/C11H24N2O3/c1-5-15-11(16-6-2)9-13(4)8-7-10(14)12-3/h11H,5-9H2,1-4H3,(H,12,14). The number of hydrogen-bond acceptors (Lipinski definition) is 4. The summed E-state index contributed by atoms with van der Waals surface area (Å²) in [7, 11) is 3.60. The molecule has 1 N–H and O–H groups in total. The summed E-state index contributed by atoms with van der Waals surface area (Å²) in [6.07, 6.45) is 0.294. The second-order valence-electron chi connectivity index (χ2n) is 3.53. The van der Waals surface area contributed by atoms with Crippen molar-refractivity contribution in [2.24, 2.45) is 0 Å². The number of nitrogens with one attached hydrogen (secondary N) is 1. The van der Waals surface area contributed by atoms with Crippen molar-refractivity contribution in [1.82, 2.24) is 10.2 Å². The van der Waals surface area contributed by atoms with E-state index in [1.54, 1.807) is 7.05 Å². The zero-order chi connectivity index (χ0) is 12.4. The molecule has 0 rings (SSSR count). The smallest absolute Gasteiger partial charge is 0.221 e. The van der Waals surface area contributed by atoms with Crippen LogP contribution in [-0.2, 0) is 14.3 Å². The first-order valence-corrected chi connectivity index (χ1v) is 5.76. The minimum absolute atomic E-state index is 0.0521. The average Bonchev–Trinajstić information content (AvgIpc) is 2.26. The third-order valence-electron chi connectivity index (χ3n) is 2.17. The third kappa shape index (κ3) is 7.62. The summed E-state index contributed by atoms with van der Waals surface area (Å²) in [5.74, 6) is 0.0521. The van der Waals surface area contributed by atoms with Crippen LogP contribution < -0.4 is 5.32 Å². The molecule has 1 amide bonds. The summed E-state index contributed by atoms with van der Waals surface area (Å²) >= 11 is 0. The second kappa shape index (κ2) is 9.57. The Labute approximate surface area is 98.1 Å². The van der Waals surface area contributed by atoms with Crippen molar-refractivity contribution < 1.29 is 14.3 Å². The lowest BCUT2D eigenvalue weighted by molar-refractivity contribution is -0.145. The summed E-state index contributed by atoms with van der Waals surface area (Å²) in [5.41, 5.74) is 0. The van der Waals surface area contributed by atoms with Gasteiger partial charge in [0.25, 0.3) is 0 Å². The van der Waals surface area contributed by atoms with Crippen LogP contribution in [-0.4, -0.2) is 57.5 Å². The van der Waals surface area contributed by atoms with Crippen LogP contribution in [0.4, 0.5) is 0 Å². The number of likely N-dealkylation sites (N-methyl/N-ethyl adjacent to an activating group) is 1. The molecule has 16 heavy (non-hydrogen) atoms. The molecule has 0 radical (unpaired) electrons. The number of ether oxygens (including phenoxy) is 2. The Morgan fingerprint density at radius 1 is 1.31 bits per heavy atom. The number of carbonyl (C=O) groups is 1. The molecule has 0 aliphatic rings. The predicted molar refractivity (Wildman–Crippen MR) is 63.2 cm³/mol. The molecule has 0 aromatic rings. The molecule has 96 valence electrons. The van der Waals surface area contributed by atoms with Crippen molar-refractivity contribution in [3.8, 4) is 0 Å².